The molecule has 0 aromatic heterocycles. The zero-order chi connectivity index (χ0) is 15.5. The second-order valence-corrected chi connectivity index (χ2v) is 7.31. The highest BCUT2D eigenvalue weighted by Crippen LogP contribution is 2.41. The third kappa shape index (κ3) is 3.98. The molecule has 0 aliphatic heterocycles. The van der Waals surface area contributed by atoms with Crippen LogP contribution in [0.3, 0.4) is 0 Å². The van der Waals surface area contributed by atoms with Gasteiger partial charge in [-0.1, -0.05) is 13.8 Å². The number of rotatable bonds is 8. The molecule has 1 unspecified atom stereocenters. The Bertz CT molecular complexity index is 349. The quantitative estimate of drug-likeness (QED) is 0.723. The summed E-state index contributed by atoms with van der Waals surface area (Å²) in [5, 5.41) is 13.2. The van der Waals surface area contributed by atoms with Gasteiger partial charge in [0.15, 0.2) is 0 Å². The van der Waals surface area contributed by atoms with Crippen molar-refractivity contribution in [3.63, 3.8) is 0 Å². The third-order valence-electron chi connectivity index (χ3n) is 5.45. The average Bonchev–Trinajstić information content (AvgIpc) is 3.28. The molecule has 0 bridgehead atoms. The van der Waals surface area contributed by atoms with Crippen LogP contribution in [0.2, 0.25) is 0 Å². The molecule has 0 heterocycles. The second-order valence-electron chi connectivity index (χ2n) is 7.31. The maximum Gasteiger partial charge on any atom is 0.325 e. The van der Waals surface area contributed by atoms with Gasteiger partial charge in [0, 0.05) is 12.6 Å². The van der Waals surface area contributed by atoms with Crippen molar-refractivity contribution in [3.8, 4) is 0 Å². The average molecular weight is 296 g/mol. The van der Waals surface area contributed by atoms with Crippen LogP contribution in [0.25, 0.3) is 0 Å². The maximum absolute atomic E-state index is 12.0. The Morgan fingerprint density at radius 2 is 1.86 bits per heavy atom. The lowest BCUT2D eigenvalue weighted by molar-refractivity contribution is -0.147. The minimum Gasteiger partial charge on any atom is -0.480 e. The number of nitrogens with zero attached hydrogens (tertiary/aromatic N) is 1. The minimum absolute atomic E-state index is 0.312. The fraction of sp³-hybridized carbons (Fsp3) is 0.941. The van der Waals surface area contributed by atoms with Crippen molar-refractivity contribution in [2.75, 3.05) is 20.1 Å². The van der Waals surface area contributed by atoms with E-state index in [1.807, 2.05) is 0 Å². The summed E-state index contributed by atoms with van der Waals surface area (Å²) in [6.45, 7) is 5.86. The van der Waals surface area contributed by atoms with Crippen molar-refractivity contribution in [2.45, 2.75) is 70.4 Å². The van der Waals surface area contributed by atoms with Crippen LogP contribution in [-0.2, 0) is 4.79 Å². The third-order valence-corrected chi connectivity index (χ3v) is 5.45. The molecule has 21 heavy (non-hydrogen) atoms. The number of carboxylic acid groups (broad SMARTS) is 1. The number of carbonyl (C=O) groups is 1. The molecule has 2 aliphatic carbocycles. The van der Waals surface area contributed by atoms with Crippen LogP contribution >= 0.6 is 0 Å². The summed E-state index contributed by atoms with van der Waals surface area (Å²) in [6.07, 6.45) is 8.07. The highest BCUT2D eigenvalue weighted by Gasteiger charge is 2.51. The SMILES string of the molecule is CCCNC(CN(C)C1CCC(C)CC1)(C(=O)O)C1CC1. The van der Waals surface area contributed by atoms with Gasteiger partial charge in [-0.2, -0.15) is 0 Å². The minimum atomic E-state index is -0.728. The molecule has 0 saturated heterocycles. The van der Waals surface area contributed by atoms with Crippen LogP contribution in [0.5, 0.6) is 0 Å². The Hall–Kier alpha value is -0.610. The van der Waals surface area contributed by atoms with E-state index >= 15 is 0 Å². The highest BCUT2D eigenvalue weighted by molar-refractivity contribution is 5.80. The molecule has 2 rings (SSSR count). The van der Waals surface area contributed by atoms with Crippen molar-refractivity contribution in [1.29, 1.82) is 0 Å². The first kappa shape index (κ1) is 16.8. The molecule has 0 radical (unpaired) electrons. The Labute approximate surface area is 129 Å². The molecule has 2 fully saturated rings. The summed E-state index contributed by atoms with van der Waals surface area (Å²) < 4.78 is 0. The van der Waals surface area contributed by atoms with Gasteiger partial charge in [0.1, 0.15) is 5.54 Å². The van der Waals surface area contributed by atoms with Crippen molar-refractivity contribution >= 4 is 5.97 Å². The predicted molar refractivity (Wildman–Crippen MR) is 85.4 cm³/mol. The van der Waals surface area contributed by atoms with Gasteiger partial charge in [-0.3, -0.25) is 4.79 Å². The Balaban J connectivity index is 2.01. The van der Waals surface area contributed by atoms with Gasteiger partial charge in [-0.15, -0.1) is 0 Å². The van der Waals surface area contributed by atoms with E-state index in [0.717, 1.165) is 31.7 Å². The van der Waals surface area contributed by atoms with Gasteiger partial charge in [0.05, 0.1) is 0 Å². The smallest absolute Gasteiger partial charge is 0.325 e. The topological polar surface area (TPSA) is 52.6 Å². The monoisotopic (exact) mass is 296 g/mol. The molecule has 0 aromatic carbocycles. The zero-order valence-corrected chi connectivity index (χ0v) is 13.9. The van der Waals surface area contributed by atoms with Crippen LogP contribution in [0, 0.1) is 11.8 Å². The van der Waals surface area contributed by atoms with E-state index in [-0.39, 0.29) is 0 Å². The lowest BCUT2D eigenvalue weighted by atomic mass is 9.85. The Kier molecular flexibility index (Phi) is 5.67. The Morgan fingerprint density at radius 1 is 1.24 bits per heavy atom. The lowest BCUT2D eigenvalue weighted by Crippen LogP contribution is -2.61. The number of nitrogens with one attached hydrogen (secondary N) is 1. The fourth-order valence-electron chi connectivity index (χ4n) is 3.78. The van der Waals surface area contributed by atoms with Crippen LogP contribution in [-0.4, -0.2) is 47.7 Å². The normalized spacial score (nSPS) is 29.3. The van der Waals surface area contributed by atoms with Crippen LogP contribution in [0.4, 0.5) is 0 Å². The first-order valence-corrected chi connectivity index (χ1v) is 8.68. The van der Waals surface area contributed by atoms with E-state index in [9.17, 15) is 9.90 Å². The number of carboxylic acids is 1. The van der Waals surface area contributed by atoms with Gasteiger partial charge in [-0.25, -0.2) is 0 Å². The summed E-state index contributed by atoms with van der Waals surface area (Å²) >= 11 is 0. The summed E-state index contributed by atoms with van der Waals surface area (Å²) in [7, 11) is 2.12. The molecule has 0 amide bonds. The van der Waals surface area contributed by atoms with E-state index in [0.29, 0.717) is 18.5 Å². The van der Waals surface area contributed by atoms with Crippen molar-refractivity contribution in [3.05, 3.63) is 0 Å². The summed E-state index contributed by atoms with van der Waals surface area (Å²) in [4.78, 5) is 14.3. The van der Waals surface area contributed by atoms with Crippen molar-refractivity contribution < 1.29 is 9.90 Å². The van der Waals surface area contributed by atoms with Gasteiger partial charge < -0.3 is 15.3 Å². The molecule has 2 aliphatic rings. The molecule has 2 N–H and O–H groups in total. The first-order chi connectivity index (χ1) is 9.99. The predicted octanol–water partition coefficient (Wildman–Crippen LogP) is 2.73. The molecular weight excluding hydrogens is 264 g/mol. The number of hydrogen-bond donors (Lipinski definition) is 2. The largest absolute Gasteiger partial charge is 0.480 e. The summed E-state index contributed by atoms with van der Waals surface area (Å²) in [5.74, 6) is 0.488. The number of aliphatic carboxylic acids is 1. The molecule has 0 aromatic rings. The number of hydrogen-bond acceptors (Lipinski definition) is 3. The van der Waals surface area contributed by atoms with Crippen LogP contribution < -0.4 is 5.32 Å². The van der Waals surface area contributed by atoms with Gasteiger partial charge in [0.2, 0.25) is 0 Å². The standard InChI is InChI=1S/C17H32N2O2/c1-4-11-18-17(16(20)21,14-7-8-14)12-19(3)15-9-5-13(2)6-10-15/h13-15,18H,4-12H2,1-3H3,(H,20,21). The van der Waals surface area contributed by atoms with Crippen molar-refractivity contribution in [1.82, 2.24) is 10.2 Å². The molecule has 122 valence electrons. The summed E-state index contributed by atoms with van der Waals surface area (Å²) in [5.41, 5.74) is -0.728. The summed E-state index contributed by atoms with van der Waals surface area (Å²) in [6, 6.07) is 0.558. The lowest BCUT2D eigenvalue weighted by Gasteiger charge is -2.40. The molecule has 0 spiro atoms. The maximum atomic E-state index is 12.0. The Morgan fingerprint density at radius 3 is 2.33 bits per heavy atom. The van der Waals surface area contributed by atoms with E-state index < -0.39 is 11.5 Å². The first-order valence-electron chi connectivity index (χ1n) is 8.68. The molecule has 4 nitrogen and oxygen atoms in total. The molecule has 4 heteroatoms. The van der Waals surface area contributed by atoms with E-state index in [4.69, 9.17) is 0 Å². The second kappa shape index (κ2) is 7.10. The molecule has 2 saturated carbocycles. The van der Waals surface area contributed by atoms with Gasteiger partial charge in [0.25, 0.3) is 0 Å². The van der Waals surface area contributed by atoms with Crippen molar-refractivity contribution in [2.24, 2.45) is 11.8 Å². The van der Waals surface area contributed by atoms with E-state index in [1.165, 1.54) is 25.7 Å². The molecular formula is C17H32N2O2. The molecule has 1 atom stereocenters. The van der Waals surface area contributed by atoms with Crippen LogP contribution in [0.15, 0.2) is 0 Å². The zero-order valence-electron chi connectivity index (χ0n) is 13.9. The van der Waals surface area contributed by atoms with Gasteiger partial charge >= 0.3 is 5.97 Å². The van der Waals surface area contributed by atoms with E-state index in [1.54, 1.807) is 0 Å². The van der Waals surface area contributed by atoms with Crippen LogP contribution in [0.1, 0.15) is 58.8 Å². The van der Waals surface area contributed by atoms with E-state index in [2.05, 4.69) is 31.1 Å². The van der Waals surface area contributed by atoms with Gasteiger partial charge in [-0.05, 0) is 70.4 Å². The highest BCUT2D eigenvalue weighted by atomic mass is 16.4. The fourth-order valence-corrected chi connectivity index (χ4v) is 3.78. The number of likely N-dealkylation sites (N-methyl/N-ethyl adjacent to an activating group) is 1.